The van der Waals surface area contributed by atoms with Gasteiger partial charge < -0.3 is 5.73 Å². The highest BCUT2D eigenvalue weighted by Gasteiger charge is 2.04. The fourth-order valence-electron chi connectivity index (χ4n) is 1.34. The second-order valence-corrected chi connectivity index (χ2v) is 3.63. The quantitative estimate of drug-likeness (QED) is 0.596. The molecule has 0 aliphatic carbocycles. The van der Waals surface area contributed by atoms with Crippen LogP contribution in [0.2, 0.25) is 0 Å². The molecular weight excluding hydrogens is 192 g/mol. The van der Waals surface area contributed by atoms with Gasteiger partial charge in [-0.2, -0.15) is 0 Å². The highest BCUT2D eigenvalue weighted by Crippen LogP contribution is 2.13. The van der Waals surface area contributed by atoms with Crippen LogP contribution in [-0.4, -0.2) is 11.0 Å². The van der Waals surface area contributed by atoms with Crippen molar-refractivity contribution in [3.8, 4) is 0 Å². The minimum atomic E-state index is -0.387. The molecule has 82 valence electrons. The lowest BCUT2D eigenvalue weighted by Gasteiger charge is -2.07. The lowest BCUT2D eigenvalue weighted by Crippen LogP contribution is -2.19. The van der Waals surface area contributed by atoms with E-state index < -0.39 is 0 Å². The molecule has 0 fully saturated rings. The van der Waals surface area contributed by atoms with E-state index >= 15 is 0 Å². The van der Waals surface area contributed by atoms with Gasteiger partial charge >= 0.3 is 0 Å². The number of nitro benzene ring substituents is 1. The molecule has 0 spiro atoms. The maximum absolute atomic E-state index is 10.4. The van der Waals surface area contributed by atoms with Gasteiger partial charge in [-0.25, -0.2) is 0 Å². The molecular formula is C11H16N2O2. The first kappa shape index (κ1) is 11.7. The molecule has 0 aromatic heterocycles. The van der Waals surface area contributed by atoms with Gasteiger partial charge in [0.15, 0.2) is 0 Å². The van der Waals surface area contributed by atoms with E-state index in [0.29, 0.717) is 0 Å². The maximum atomic E-state index is 10.4. The summed E-state index contributed by atoms with van der Waals surface area (Å²) in [6.07, 6.45) is 2.77. The van der Waals surface area contributed by atoms with Crippen LogP contribution in [-0.2, 0) is 6.42 Å². The molecule has 4 heteroatoms. The number of non-ortho nitro benzene ring substituents is 1. The normalized spacial score (nSPS) is 12.4. The number of benzene rings is 1. The van der Waals surface area contributed by atoms with Crippen LogP contribution in [0.4, 0.5) is 5.69 Å². The molecule has 0 radical (unpaired) electrons. The Labute approximate surface area is 89.2 Å². The van der Waals surface area contributed by atoms with E-state index in [1.54, 1.807) is 12.1 Å². The summed E-state index contributed by atoms with van der Waals surface area (Å²) < 4.78 is 0. The Morgan fingerprint density at radius 2 is 2.00 bits per heavy atom. The lowest BCUT2D eigenvalue weighted by molar-refractivity contribution is -0.384. The van der Waals surface area contributed by atoms with E-state index in [9.17, 15) is 10.1 Å². The Balaban J connectivity index is 2.53. The fraction of sp³-hybridized carbons (Fsp3) is 0.455. The Morgan fingerprint density at radius 1 is 1.40 bits per heavy atom. The molecule has 1 aromatic carbocycles. The average Bonchev–Trinajstić information content (AvgIpc) is 2.26. The van der Waals surface area contributed by atoms with Gasteiger partial charge in [0.05, 0.1) is 4.92 Å². The first-order valence-electron chi connectivity index (χ1n) is 5.12. The smallest absolute Gasteiger partial charge is 0.269 e. The Bertz CT molecular complexity index is 322. The molecule has 1 atom stereocenters. The predicted molar refractivity (Wildman–Crippen MR) is 59.7 cm³/mol. The summed E-state index contributed by atoms with van der Waals surface area (Å²) in [7, 11) is 0. The zero-order valence-electron chi connectivity index (χ0n) is 8.85. The largest absolute Gasteiger partial charge is 0.328 e. The number of nitrogens with zero attached hydrogens (tertiary/aromatic N) is 1. The molecule has 0 heterocycles. The monoisotopic (exact) mass is 208 g/mol. The topological polar surface area (TPSA) is 69.2 Å². The Hall–Kier alpha value is -1.42. The van der Waals surface area contributed by atoms with Crippen LogP contribution in [0.25, 0.3) is 0 Å². The molecule has 0 aliphatic rings. The Morgan fingerprint density at radius 3 is 2.47 bits per heavy atom. The van der Waals surface area contributed by atoms with E-state index in [1.807, 2.05) is 0 Å². The van der Waals surface area contributed by atoms with E-state index in [2.05, 4.69) is 6.92 Å². The molecule has 1 rings (SSSR count). The van der Waals surface area contributed by atoms with Crippen molar-refractivity contribution < 1.29 is 4.92 Å². The second-order valence-electron chi connectivity index (χ2n) is 3.63. The summed E-state index contributed by atoms with van der Waals surface area (Å²) in [5.74, 6) is 0. The van der Waals surface area contributed by atoms with Crippen LogP contribution in [0.15, 0.2) is 24.3 Å². The van der Waals surface area contributed by atoms with Crippen molar-refractivity contribution in [1.29, 1.82) is 0 Å². The zero-order chi connectivity index (χ0) is 11.3. The van der Waals surface area contributed by atoms with E-state index in [0.717, 1.165) is 24.8 Å². The number of hydrogen-bond donors (Lipinski definition) is 1. The van der Waals surface area contributed by atoms with Gasteiger partial charge in [-0.15, -0.1) is 0 Å². The van der Waals surface area contributed by atoms with Crippen LogP contribution >= 0.6 is 0 Å². The van der Waals surface area contributed by atoms with Crippen molar-refractivity contribution >= 4 is 5.69 Å². The SMILES string of the molecule is CCC(N)CCc1ccc([N+](=O)[O-])cc1. The highest BCUT2D eigenvalue weighted by atomic mass is 16.6. The van der Waals surface area contributed by atoms with Crippen LogP contribution in [0, 0.1) is 10.1 Å². The standard InChI is InChI=1S/C11H16N2O2/c1-2-10(12)6-3-9-4-7-11(8-5-9)13(14)15/h4-5,7-8,10H,2-3,6,12H2,1H3. The van der Waals surface area contributed by atoms with Crippen molar-refractivity contribution in [2.45, 2.75) is 32.2 Å². The van der Waals surface area contributed by atoms with Crippen molar-refractivity contribution in [1.82, 2.24) is 0 Å². The van der Waals surface area contributed by atoms with E-state index in [4.69, 9.17) is 5.73 Å². The van der Waals surface area contributed by atoms with E-state index in [1.165, 1.54) is 12.1 Å². The highest BCUT2D eigenvalue weighted by molar-refractivity contribution is 5.32. The molecule has 0 bridgehead atoms. The third-order valence-corrected chi connectivity index (χ3v) is 2.48. The van der Waals surface area contributed by atoms with E-state index in [-0.39, 0.29) is 16.7 Å². The Kier molecular flexibility index (Phi) is 4.24. The molecule has 0 saturated heterocycles. The van der Waals surface area contributed by atoms with Gasteiger partial charge in [-0.3, -0.25) is 10.1 Å². The molecule has 0 aliphatic heterocycles. The molecule has 15 heavy (non-hydrogen) atoms. The van der Waals surface area contributed by atoms with Crippen LogP contribution in [0.3, 0.4) is 0 Å². The fourth-order valence-corrected chi connectivity index (χ4v) is 1.34. The number of nitro groups is 1. The van der Waals surface area contributed by atoms with Crippen LogP contribution in [0.1, 0.15) is 25.3 Å². The average molecular weight is 208 g/mol. The van der Waals surface area contributed by atoms with Gasteiger partial charge in [-0.1, -0.05) is 19.1 Å². The first-order chi connectivity index (χ1) is 7.13. The molecule has 0 amide bonds. The number of hydrogen-bond acceptors (Lipinski definition) is 3. The minimum Gasteiger partial charge on any atom is -0.328 e. The second kappa shape index (κ2) is 5.46. The summed E-state index contributed by atoms with van der Waals surface area (Å²) in [5, 5.41) is 10.4. The van der Waals surface area contributed by atoms with Crippen molar-refractivity contribution in [2.75, 3.05) is 0 Å². The minimum absolute atomic E-state index is 0.138. The van der Waals surface area contributed by atoms with Crippen molar-refractivity contribution in [3.63, 3.8) is 0 Å². The van der Waals surface area contributed by atoms with Crippen molar-refractivity contribution in [3.05, 3.63) is 39.9 Å². The van der Waals surface area contributed by atoms with Gasteiger partial charge in [0.2, 0.25) is 0 Å². The van der Waals surface area contributed by atoms with Gasteiger partial charge in [0, 0.05) is 18.2 Å². The third-order valence-electron chi connectivity index (χ3n) is 2.48. The summed E-state index contributed by atoms with van der Waals surface area (Å²) >= 11 is 0. The summed E-state index contributed by atoms with van der Waals surface area (Å²) in [4.78, 5) is 10.0. The lowest BCUT2D eigenvalue weighted by atomic mass is 10.0. The zero-order valence-corrected chi connectivity index (χ0v) is 8.85. The van der Waals surface area contributed by atoms with Crippen LogP contribution < -0.4 is 5.73 Å². The molecule has 1 aromatic rings. The molecule has 0 saturated carbocycles. The first-order valence-corrected chi connectivity index (χ1v) is 5.12. The number of rotatable bonds is 5. The summed E-state index contributed by atoms with van der Waals surface area (Å²) in [5.41, 5.74) is 7.03. The number of aryl methyl sites for hydroxylation is 1. The molecule has 1 unspecified atom stereocenters. The predicted octanol–water partition coefficient (Wildman–Crippen LogP) is 2.26. The number of nitrogens with two attached hydrogens (primary N) is 1. The van der Waals surface area contributed by atoms with Gasteiger partial charge in [-0.05, 0) is 24.8 Å². The molecule has 2 N–H and O–H groups in total. The van der Waals surface area contributed by atoms with Crippen LogP contribution in [0.5, 0.6) is 0 Å². The molecule has 4 nitrogen and oxygen atoms in total. The van der Waals surface area contributed by atoms with Gasteiger partial charge in [0.25, 0.3) is 5.69 Å². The van der Waals surface area contributed by atoms with Crippen molar-refractivity contribution in [2.24, 2.45) is 5.73 Å². The summed E-state index contributed by atoms with van der Waals surface area (Å²) in [6, 6.07) is 6.88. The summed E-state index contributed by atoms with van der Waals surface area (Å²) in [6.45, 7) is 2.06. The van der Waals surface area contributed by atoms with Gasteiger partial charge in [0.1, 0.15) is 0 Å². The maximum Gasteiger partial charge on any atom is 0.269 e. The third kappa shape index (κ3) is 3.67.